The minimum atomic E-state index is -0.831. The van der Waals surface area contributed by atoms with Gasteiger partial charge in [-0.25, -0.2) is 4.79 Å². The van der Waals surface area contributed by atoms with Gasteiger partial charge in [0.25, 0.3) is 0 Å². The van der Waals surface area contributed by atoms with Gasteiger partial charge in [0.1, 0.15) is 0 Å². The molecule has 0 saturated heterocycles. The first kappa shape index (κ1) is 14.1. The molecule has 0 unspecified atom stereocenters. The van der Waals surface area contributed by atoms with Gasteiger partial charge in [-0.1, -0.05) is 67.6 Å². The molecule has 0 aromatic heterocycles. The molecule has 1 N–H and O–H groups in total. The van der Waals surface area contributed by atoms with Crippen molar-refractivity contribution in [3.63, 3.8) is 0 Å². The van der Waals surface area contributed by atoms with Crippen molar-refractivity contribution in [2.75, 3.05) is 0 Å². The topological polar surface area (TPSA) is 37.3 Å². The van der Waals surface area contributed by atoms with Crippen LogP contribution in [0.3, 0.4) is 0 Å². The summed E-state index contributed by atoms with van der Waals surface area (Å²) in [6.45, 7) is 1.89. The van der Waals surface area contributed by atoms with E-state index in [-0.39, 0.29) is 0 Å². The van der Waals surface area contributed by atoms with Crippen LogP contribution in [0.1, 0.15) is 24.5 Å². The van der Waals surface area contributed by atoms with Gasteiger partial charge in [-0.3, -0.25) is 0 Å². The summed E-state index contributed by atoms with van der Waals surface area (Å²) in [5.74, 6) is -0.831. The number of hydrogen-bond donors (Lipinski definition) is 1. The number of aliphatic carboxylic acids is 1. The minimum Gasteiger partial charge on any atom is -0.478 e. The summed E-state index contributed by atoms with van der Waals surface area (Å²) in [5.41, 5.74) is 3.49. The second-order valence-electron chi connectivity index (χ2n) is 4.64. The van der Waals surface area contributed by atoms with Crippen LogP contribution in [0.25, 0.3) is 5.57 Å². The fourth-order valence-corrected chi connectivity index (χ4v) is 2.32. The highest BCUT2D eigenvalue weighted by molar-refractivity contribution is 5.96. The molecule has 0 fully saturated rings. The van der Waals surface area contributed by atoms with E-state index >= 15 is 0 Å². The lowest BCUT2D eigenvalue weighted by Crippen LogP contribution is -2.05. The van der Waals surface area contributed by atoms with Gasteiger partial charge < -0.3 is 5.11 Å². The van der Waals surface area contributed by atoms with Crippen molar-refractivity contribution in [2.24, 2.45) is 0 Å². The molecule has 0 bridgehead atoms. The Kier molecular flexibility index (Phi) is 4.72. The zero-order valence-electron chi connectivity index (χ0n) is 11.5. The lowest BCUT2D eigenvalue weighted by atomic mass is 9.92. The number of allylic oxidation sites excluding steroid dienone is 1. The van der Waals surface area contributed by atoms with Crippen LogP contribution in [0.15, 0.2) is 66.2 Å². The van der Waals surface area contributed by atoms with Crippen LogP contribution >= 0.6 is 0 Å². The summed E-state index contributed by atoms with van der Waals surface area (Å²) in [6, 6.07) is 19.7. The zero-order valence-corrected chi connectivity index (χ0v) is 11.5. The number of carboxylic acid groups (broad SMARTS) is 1. The van der Waals surface area contributed by atoms with Crippen LogP contribution in [-0.2, 0) is 11.2 Å². The van der Waals surface area contributed by atoms with Gasteiger partial charge in [0.05, 0.1) is 0 Å². The molecule has 0 saturated carbocycles. The lowest BCUT2D eigenvalue weighted by molar-refractivity contribution is -0.132. The van der Waals surface area contributed by atoms with Crippen molar-refractivity contribution < 1.29 is 9.90 Å². The maximum Gasteiger partial charge on any atom is 0.331 e. The molecule has 102 valence electrons. The molecule has 0 atom stereocenters. The molecule has 0 aliphatic carbocycles. The maximum atomic E-state index is 11.5. The molecular formula is C18H18O2. The number of benzene rings is 2. The van der Waals surface area contributed by atoms with Crippen molar-refractivity contribution in [2.45, 2.75) is 19.8 Å². The SMILES string of the molecule is CCC(C(=O)O)=C(Cc1ccccc1)c1ccccc1. The minimum absolute atomic E-state index is 0.486. The van der Waals surface area contributed by atoms with E-state index in [1.54, 1.807) is 0 Å². The zero-order chi connectivity index (χ0) is 14.4. The molecule has 0 aliphatic heterocycles. The maximum absolute atomic E-state index is 11.5. The summed E-state index contributed by atoms with van der Waals surface area (Å²) in [5, 5.41) is 9.43. The van der Waals surface area contributed by atoms with Gasteiger partial charge >= 0.3 is 5.97 Å². The Labute approximate surface area is 119 Å². The smallest absolute Gasteiger partial charge is 0.331 e. The first-order chi connectivity index (χ1) is 9.72. The fourth-order valence-electron chi connectivity index (χ4n) is 2.32. The average molecular weight is 266 g/mol. The first-order valence-corrected chi connectivity index (χ1v) is 6.77. The molecule has 0 heterocycles. The van der Waals surface area contributed by atoms with Crippen LogP contribution in [0.2, 0.25) is 0 Å². The van der Waals surface area contributed by atoms with Crippen molar-refractivity contribution in [1.82, 2.24) is 0 Å². The Morgan fingerprint density at radius 3 is 2.00 bits per heavy atom. The Balaban J connectivity index is 2.48. The number of rotatable bonds is 5. The number of carbonyl (C=O) groups is 1. The summed E-state index contributed by atoms with van der Waals surface area (Å²) in [7, 11) is 0. The highest BCUT2D eigenvalue weighted by Gasteiger charge is 2.14. The molecule has 2 aromatic carbocycles. The Morgan fingerprint density at radius 2 is 1.50 bits per heavy atom. The van der Waals surface area contributed by atoms with E-state index in [9.17, 15) is 9.90 Å². The van der Waals surface area contributed by atoms with E-state index in [0.29, 0.717) is 18.4 Å². The van der Waals surface area contributed by atoms with E-state index in [0.717, 1.165) is 16.7 Å². The average Bonchev–Trinajstić information content (AvgIpc) is 2.48. The van der Waals surface area contributed by atoms with E-state index < -0.39 is 5.97 Å². The van der Waals surface area contributed by atoms with Crippen molar-refractivity contribution in [3.05, 3.63) is 77.4 Å². The first-order valence-electron chi connectivity index (χ1n) is 6.77. The summed E-state index contributed by atoms with van der Waals surface area (Å²) in [6.07, 6.45) is 1.16. The van der Waals surface area contributed by atoms with Crippen molar-refractivity contribution >= 4 is 11.5 Å². The molecule has 0 radical (unpaired) electrons. The predicted octanol–water partition coefficient (Wildman–Crippen LogP) is 4.18. The fraction of sp³-hybridized carbons (Fsp3) is 0.167. The molecule has 2 aromatic rings. The third-order valence-electron chi connectivity index (χ3n) is 3.32. The molecule has 0 spiro atoms. The summed E-state index contributed by atoms with van der Waals surface area (Å²) >= 11 is 0. The molecule has 0 aliphatic rings. The molecule has 20 heavy (non-hydrogen) atoms. The van der Waals surface area contributed by atoms with Crippen LogP contribution in [0, 0.1) is 0 Å². The third-order valence-corrected chi connectivity index (χ3v) is 3.32. The largest absolute Gasteiger partial charge is 0.478 e. The Morgan fingerprint density at radius 1 is 0.950 bits per heavy atom. The highest BCUT2D eigenvalue weighted by atomic mass is 16.4. The predicted molar refractivity (Wildman–Crippen MR) is 81.4 cm³/mol. The molecule has 0 amide bonds. The van der Waals surface area contributed by atoms with Gasteiger partial charge in [0, 0.05) is 5.57 Å². The van der Waals surface area contributed by atoms with Gasteiger partial charge in [-0.15, -0.1) is 0 Å². The number of carboxylic acids is 1. The molecular weight excluding hydrogens is 248 g/mol. The van der Waals surface area contributed by atoms with Crippen LogP contribution in [-0.4, -0.2) is 11.1 Å². The standard InChI is InChI=1S/C18H18O2/c1-2-16(18(19)20)17(15-11-7-4-8-12-15)13-14-9-5-3-6-10-14/h3-12H,2,13H2,1H3,(H,19,20). The van der Waals surface area contributed by atoms with Gasteiger partial charge in [0.15, 0.2) is 0 Å². The van der Waals surface area contributed by atoms with Crippen LogP contribution in [0.4, 0.5) is 0 Å². The Hall–Kier alpha value is -2.35. The molecule has 2 nitrogen and oxygen atoms in total. The van der Waals surface area contributed by atoms with Crippen molar-refractivity contribution in [1.29, 1.82) is 0 Å². The van der Waals surface area contributed by atoms with Crippen LogP contribution in [0.5, 0.6) is 0 Å². The van der Waals surface area contributed by atoms with E-state index in [4.69, 9.17) is 0 Å². The van der Waals surface area contributed by atoms with E-state index in [2.05, 4.69) is 0 Å². The quantitative estimate of drug-likeness (QED) is 0.824. The molecule has 2 heteroatoms. The third kappa shape index (κ3) is 3.35. The van der Waals surface area contributed by atoms with E-state index in [1.807, 2.05) is 67.6 Å². The van der Waals surface area contributed by atoms with Gasteiger partial charge in [-0.2, -0.15) is 0 Å². The highest BCUT2D eigenvalue weighted by Crippen LogP contribution is 2.25. The van der Waals surface area contributed by atoms with Crippen LogP contribution < -0.4 is 0 Å². The van der Waals surface area contributed by atoms with E-state index in [1.165, 1.54) is 0 Å². The second-order valence-corrected chi connectivity index (χ2v) is 4.64. The van der Waals surface area contributed by atoms with Gasteiger partial charge in [-0.05, 0) is 29.5 Å². The lowest BCUT2D eigenvalue weighted by Gasteiger charge is -2.12. The summed E-state index contributed by atoms with van der Waals surface area (Å²) in [4.78, 5) is 11.5. The summed E-state index contributed by atoms with van der Waals surface area (Å²) < 4.78 is 0. The Bertz CT molecular complexity index is 598. The number of hydrogen-bond acceptors (Lipinski definition) is 1. The van der Waals surface area contributed by atoms with Crippen molar-refractivity contribution in [3.8, 4) is 0 Å². The normalized spacial score (nSPS) is 11.8. The molecule has 2 rings (SSSR count). The van der Waals surface area contributed by atoms with Gasteiger partial charge in [0.2, 0.25) is 0 Å². The monoisotopic (exact) mass is 266 g/mol. The second kappa shape index (κ2) is 6.71.